The fraction of sp³-hybridized carbons (Fsp3) is 0.385. The summed E-state index contributed by atoms with van der Waals surface area (Å²) in [4.78, 5) is 15.6. The highest BCUT2D eigenvalue weighted by Gasteiger charge is 2.34. The zero-order valence-electron chi connectivity index (χ0n) is 11.3. The van der Waals surface area contributed by atoms with Crippen LogP contribution in [-0.2, 0) is 14.8 Å². The minimum absolute atomic E-state index is 0.0189. The van der Waals surface area contributed by atoms with Gasteiger partial charge in [-0.1, -0.05) is 19.1 Å². The van der Waals surface area contributed by atoms with Gasteiger partial charge in [0.1, 0.15) is 5.84 Å². The Balaban J connectivity index is 2.37. The minimum Gasteiger partial charge on any atom is -0.481 e. The number of carboxylic acid groups (broad SMARTS) is 1. The predicted octanol–water partition coefficient (Wildman–Crippen LogP) is 1.23. The molecule has 108 valence electrons. The van der Waals surface area contributed by atoms with E-state index in [1.54, 1.807) is 32.0 Å². The van der Waals surface area contributed by atoms with Gasteiger partial charge in [0, 0.05) is 5.56 Å². The molecule has 0 radical (unpaired) electrons. The molecular weight excluding hydrogens is 280 g/mol. The third-order valence-corrected chi connectivity index (χ3v) is 4.94. The standard InChI is InChI=1S/C13H16N2O4S/c1-3-13(2,12(16)17)8-14-11-9-6-4-5-7-10(9)20(18,19)15-11/h4-7H,3,8H2,1-2H3,(H,14,15)(H,16,17). The lowest BCUT2D eigenvalue weighted by Gasteiger charge is -2.20. The van der Waals surface area contributed by atoms with Crippen molar-refractivity contribution in [3.63, 3.8) is 0 Å². The number of sulfonamides is 1. The van der Waals surface area contributed by atoms with E-state index in [1.807, 2.05) is 0 Å². The first-order chi connectivity index (χ1) is 9.30. The van der Waals surface area contributed by atoms with E-state index in [0.29, 0.717) is 12.0 Å². The summed E-state index contributed by atoms with van der Waals surface area (Å²) in [5.74, 6) is -0.736. The second-order valence-electron chi connectivity index (χ2n) is 4.99. The molecule has 1 aromatic rings. The Morgan fingerprint density at radius 1 is 1.40 bits per heavy atom. The van der Waals surface area contributed by atoms with E-state index < -0.39 is 21.4 Å². The zero-order valence-corrected chi connectivity index (χ0v) is 12.1. The van der Waals surface area contributed by atoms with Gasteiger partial charge in [0.05, 0.1) is 16.9 Å². The number of aliphatic carboxylic acids is 1. The smallest absolute Gasteiger partial charge is 0.311 e. The van der Waals surface area contributed by atoms with Crippen LogP contribution in [0.15, 0.2) is 34.2 Å². The average molecular weight is 296 g/mol. The van der Waals surface area contributed by atoms with Gasteiger partial charge >= 0.3 is 5.97 Å². The SMILES string of the molecule is CCC(C)(CN=C1NS(=O)(=O)c2ccccc21)C(=O)O. The fourth-order valence-electron chi connectivity index (χ4n) is 1.84. The molecule has 0 saturated heterocycles. The summed E-state index contributed by atoms with van der Waals surface area (Å²) in [6.07, 6.45) is 0.410. The van der Waals surface area contributed by atoms with Crippen molar-refractivity contribution in [3.8, 4) is 0 Å². The molecule has 1 unspecified atom stereocenters. The number of rotatable bonds is 4. The lowest BCUT2D eigenvalue weighted by molar-refractivity contribution is -0.147. The number of nitrogens with one attached hydrogen (secondary N) is 1. The summed E-state index contributed by atoms with van der Waals surface area (Å²) in [6.45, 7) is 3.38. The van der Waals surface area contributed by atoms with Crippen LogP contribution in [0.3, 0.4) is 0 Å². The van der Waals surface area contributed by atoms with E-state index in [-0.39, 0.29) is 17.3 Å². The number of carboxylic acids is 1. The van der Waals surface area contributed by atoms with Gasteiger partial charge in [-0.05, 0) is 25.5 Å². The van der Waals surface area contributed by atoms with E-state index in [2.05, 4.69) is 9.71 Å². The zero-order chi connectivity index (χ0) is 15.0. The van der Waals surface area contributed by atoms with E-state index in [1.165, 1.54) is 6.07 Å². The molecule has 0 aliphatic carbocycles. The first-order valence-electron chi connectivity index (χ1n) is 6.20. The molecule has 0 saturated carbocycles. The monoisotopic (exact) mass is 296 g/mol. The van der Waals surface area contributed by atoms with E-state index >= 15 is 0 Å². The largest absolute Gasteiger partial charge is 0.481 e. The lowest BCUT2D eigenvalue weighted by atomic mass is 9.88. The van der Waals surface area contributed by atoms with Crippen molar-refractivity contribution in [2.75, 3.05) is 6.54 Å². The van der Waals surface area contributed by atoms with E-state index in [4.69, 9.17) is 0 Å². The van der Waals surface area contributed by atoms with Crippen LogP contribution in [0.25, 0.3) is 0 Å². The number of carbonyl (C=O) groups is 1. The lowest BCUT2D eigenvalue weighted by Crippen LogP contribution is -2.31. The summed E-state index contributed by atoms with van der Waals surface area (Å²) >= 11 is 0. The minimum atomic E-state index is -3.58. The van der Waals surface area contributed by atoms with Gasteiger partial charge in [-0.3, -0.25) is 14.5 Å². The molecule has 1 aromatic carbocycles. The Morgan fingerprint density at radius 2 is 2.05 bits per heavy atom. The molecule has 0 fully saturated rings. The van der Waals surface area contributed by atoms with Gasteiger partial charge in [-0.15, -0.1) is 0 Å². The van der Waals surface area contributed by atoms with Crippen LogP contribution in [0.4, 0.5) is 0 Å². The van der Waals surface area contributed by atoms with Crippen LogP contribution in [0.1, 0.15) is 25.8 Å². The Kier molecular flexibility index (Phi) is 3.56. The molecule has 2 rings (SSSR count). The molecule has 1 aliphatic heterocycles. The molecule has 1 atom stereocenters. The van der Waals surface area contributed by atoms with Gasteiger partial charge in [-0.25, -0.2) is 8.42 Å². The molecule has 6 nitrogen and oxygen atoms in total. The first-order valence-corrected chi connectivity index (χ1v) is 7.68. The number of fused-ring (bicyclic) bond motifs is 1. The Morgan fingerprint density at radius 3 is 2.65 bits per heavy atom. The van der Waals surface area contributed by atoms with Gasteiger partial charge in [0.15, 0.2) is 0 Å². The molecule has 0 amide bonds. The molecular formula is C13H16N2O4S. The number of hydrogen-bond donors (Lipinski definition) is 2. The van der Waals surface area contributed by atoms with Crippen molar-refractivity contribution in [2.24, 2.45) is 10.4 Å². The van der Waals surface area contributed by atoms with Gasteiger partial charge in [-0.2, -0.15) is 0 Å². The van der Waals surface area contributed by atoms with Crippen LogP contribution >= 0.6 is 0 Å². The van der Waals surface area contributed by atoms with E-state index in [0.717, 1.165) is 0 Å². The molecule has 2 N–H and O–H groups in total. The molecule has 0 aromatic heterocycles. The molecule has 20 heavy (non-hydrogen) atoms. The quantitative estimate of drug-likeness (QED) is 0.873. The maximum Gasteiger partial charge on any atom is 0.311 e. The fourth-order valence-corrected chi connectivity index (χ4v) is 3.09. The van der Waals surface area contributed by atoms with Crippen molar-refractivity contribution in [3.05, 3.63) is 29.8 Å². The van der Waals surface area contributed by atoms with E-state index in [9.17, 15) is 18.3 Å². The van der Waals surface area contributed by atoms with Crippen molar-refractivity contribution < 1.29 is 18.3 Å². The number of amidine groups is 1. The van der Waals surface area contributed by atoms with Gasteiger partial charge in [0.2, 0.25) is 0 Å². The molecule has 7 heteroatoms. The Labute approximate surface area is 117 Å². The Bertz CT molecular complexity index is 681. The molecule has 1 aliphatic rings. The molecule has 0 spiro atoms. The third-order valence-electron chi connectivity index (χ3n) is 3.55. The Hall–Kier alpha value is -1.89. The maximum absolute atomic E-state index is 11.9. The topological polar surface area (TPSA) is 95.8 Å². The van der Waals surface area contributed by atoms with Crippen molar-refractivity contribution in [2.45, 2.75) is 25.2 Å². The maximum atomic E-state index is 11.9. The van der Waals surface area contributed by atoms with Crippen molar-refractivity contribution >= 4 is 21.8 Å². The summed E-state index contributed by atoms with van der Waals surface area (Å²) in [6, 6.07) is 6.49. The van der Waals surface area contributed by atoms with Crippen molar-refractivity contribution in [1.82, 2.24) is 4.72 Å². The summed E-state index contributed by atoms with van der Waals surface area (Å²) < 4.78 is 26.1. The third kappa shape index (κ3) is 2.40. The second-order valence-corrected chi connectivity index (χ2v) is 6.64. The van der Waals surface area contributed by atoms with Crippen molar-refractivity contribution in [1.29, 1.82) is 0 Å². The van der Waals surface area contributed by atoms with Gasteiger partial charge in [0.25, 0.3) is 10.0 Å². The van der Waals surface area contributed by atoms with Crippen LogP contribution in [0, 0.1) is 5.41 Å². The number of nitrogens with zero attached hydrogens (tertiary/aromatic N) is 1. The number of aliphatic imine (C=N–C) groups is 1. The molecule has 1 heterocycles. The van der Waals surface area contributed by atoms with Crippen LogP contribution in [-0.4, -0.2) is 31.9 Å². The highest BCUT2D eigenvalue weighted by molar-refractivity contribution is 7.90. The van der Waals surface area contributed by atoms with Crippen LogP contribution in [0.5, 0.6) is 0 Å². The summed E-state index contributed by atoms with van der Waals surface area (Å²) in [7, 11) is -3.58. The summed E-state index contributed by atoms with van der Waals surface area (Å²) in [5, 5.41) is 9.20. The summed E-state index contributed by atoms with van der Waals surface area (Å²) in [5.41, 5.74) is -0.521. The average Bonchev–Trinajstić information content (AvgIpc) is 2.68. The number of hydrogen-bond acceptors (Lipinski definition) is 4. The van der Waals surface area contributed by atoms with Crippen LogP contribution in [0.2, 0.25) is 0 Å². The highest BCUT2D eigenvalue weighted by atomic mass is 32.2. The number of benzene rings is 1. The predicted molar refractivity (Wildman–Crippen MR) is 74.2 cm³/mol. The second kappa shape index (κ2) is 4.90. The normalized spacial score (nSPS) is 21.0. The van der Waals surface area contributed by atoms with Crippen LogP contribution < -0.4 is 4.72 Å². The molecule has 0 bridgehead atoms. The van der Waals surface area contributed by atoms with Gasteiger partial charge < -0.3 is 5.11 Å². The highest BCUT2D eigenvalue weighted by Crippen LogP contribution is 2.25. The first kappa shape index (κ1) is 14.5.